The average molecular weight is 308 g/mol. The molecular formula is C13H19F3N2O3. The maximum Gasteiger partial charge on any atom is 0.406 e. The number of alkyl halides is 3. The summed E-state index contributed by atoms with van der Waals surface area (Å²) in [7, 11) is 0. The molecule has 0 bridgehead atoms. The second kappa shape index (κ2) is 5.73. The van der Waals surface area contributed by atoms with E-state index in [9.17, 15) is 22.8 Å². The fourth-order valence-corrected chi connectivity index (χ4v) is 2.93. The Morgan fingerprint density at radius 1 is 1.24 bits per heavy atom. The predicted molar refractivity (Wildman–Crippen MR) is 67.8 cm³/mol. The van der Waals surface area contributed by atoms with Crippen LogP contribution in [0, 0.1) is 0 Å². The molecule has 2 amide bonds. The molecular weight excluding hydrogens is 289 g/mol. The third-order valence-corrected chi connectivity index (χ3v) is 4.02. The lowest BCUT2D eigenvalue weighted by Gasteiger charge is -2.33. The number of carbonyl (C=O) groups is 2. The Bertz CT molecular complexity index is 415. The van der Waals surface area contributed by atoms with E-state index in [2.05, 4.69) is 5.32 Å². The van der Waals surface area contributed by atoms with Crippen LogP contribution in [-0.4, -0.2) is 46.3 Å². The molecule has 2 N–H and O–H groups in total. The summed E-state index contributed by atoms with van der Waals surface area (Å²) in [5.41, 5.74) is -0.901. The highest BCUT2D eigenvalue weighted by Crippen LogP contribution is 2.35. The van der Waals surface area contributed by atoms with E-state index in [1.165, 1.54) is 0 Å². The number of carboxylic acids is 1. The zero-order valence-electron chi connectivity index (χ0n) is 11.6. The van der Waals surface area contributed by atoms with Crippen molar-refractivity contribution in [2.24, 2.45) is 0 Å². The first-order valence-electron chi connectivity index (χ1n) is 7.08. The Labute approximate surface area is 120 Å². The van der Waals surface area contributed by atoms with E-state index in [1.54, 1.807) is 0 Å². The first kappa shape index (κ1) is 15.9. The van der Waals surface area contributed by atoms with Crippen LogP contribution in [0.4, 0.5) is 18.0 Å². The van der Waals surface area contributed by atoms with Gasteiger partial charge in [0.15, 0.2) is 0 Å². The number of halogens is 3. The van der Waals surface area contributed by atoms with Crippen LogP contribution in [0.15, 0.2) is 0 Å². The number of amides is 2. The van der Waals surface area contributed by atoms with Crippen molar-refractivity contribution < 1.29 is 27.9 Å². The van der Waals surface area contributed by atoms with Gasteiger partial charge in [-0.25, -0.2) is 4.79 Å². The second-order valence-electron chi connectivity index (χ2n) is 5.96. The molecule has 2 rings (SSSR count). The molecule has 0 aromatic carbocycles. The summed E-state index contributed by atoms with van der Waals surface area (Å²) in [6, 6.07) is -1.17. The van der Waals surface area contributed by atoms with Gasteiger partial charge in [0.25, 0.3) is 0 Å². The molecule has 0 saturated heterocycles. The Morgan fingerprint density at radius 3 is 2.24 bits per heavy atom. The molecule has 0 spiro atoms. The average Bonchev–Trinajstić information content (AvgIpc) is 3.07. The number of urea groups is 1. The van der Waals surface area contributed by atoms with Crippen LogP contribution in [0.3, 0.4) is 0 Å². The summed E-state index contributed by atoms with van der Waals surface area (Å²) in [4.78, 5) is 23.9. The Morgan fingerprint density at radius 2 is 1.81 bits per heavy atom. The highest BCUT2D eigenvalue weighted by Gasteiger charge is 2.44. The molecule has 21 heavy (non-hydrogen) atoms. The third-order valence-electron chi connectivity index (χ3n) is 4.02. The van der Waals surface area contributed by atoms with Gasteiger partial charge in [-0.15, -0.1) is 0 Å². The second-order valence-corrected chi connectivity index (χ2v) is 5.96. The number of hydrogen-bond acceptors (Lipinski definition) is 2. The van der Waals surface area contributed by atoms with Gasteiger partial charge in [0.1, 0.15) is 6.54 Å². The molecule has 2 aliphatic rings. The normalized spacial score (nSPS) is 21.1. The molecule has 0 radical (unpaired) electrons. The summed E-state index contributed by atoms with van der Waals surface area (Å²) in [5, 5.41) is 11.5. The van der Waals surface area contributed by atoms with Crippen molar-refractivity contribution in [2.75, 3.05) is 6.54 Å². The molecule has 2 fully saturated rings. The predicted octanol–water partition coefficient (Wildman–Crippen LogP) is 2.51. The zero-order valence-corrected chi connectivity index (χ0v) is 11.6. The van der Waals surface area contributed by atoms with Gasteiger partial charge in [-0.05, 0) is 25.7 Å². The first-order chi connectivity index (χ1) is 9.71. The molecule has 0 aromatic heterocycles. The minimum atomic E-state index is -4.45. The fourth-order valence-electron chi connectivity index (χ4n) is 2.93. The minimum Gasteiger partial charge on any atom is -0.481 e. The zero-order chi connectivity index (χ0) is 15.7. The Hall–Kier alpha value is -1.47. The van der Waals surface area contributed by atoms with Crippen molar-refractivity contribution in [1.82, 2.24) is 10.2 Å². The van der Waals surface area contributed by atoms with Gasteiger partial charge in [-0.2, -0.15) is 13.2 Å². The van der Waals surface area contributed by atoms with Crippen LogP contribution in [0.1, 0.15) is 44.9 Å². The topological polar surface area (TPSA) is 69.6 Å². The monoisotopic (exact) mass is 308 g/mol. The highest BCUT2D eigenvalue weighted by molar-refractivity contribution is 5.77. The SMILES string of the molecule is O=C(O)CC1(NC(=O)N(CC(F)(F)F)C2CC2)CCCC1. The van der Waals surface area contributed by atoms with Crippen LogP contribution in [0.25, 0.3) is 0 Å². The third kappa shape index (κ3) is 4.50. The maximum atomic E-state index is 12.6. The minimum absolute atomic E-state index is 0.247. The van der Waals surface area contributed by atoms with Gasteiger partial charge in [0.2, 0.25) is 0 Å². The van der Waals surface area contributed by atoms with E-state index in [1.807, 2.05) is 0 Å². The quantitative estimate of drug-likeness (QED) is 0.820. The smallest absolute Gasteiger partial charge is 0.406 e. The number of nitrogens with one attached hydrogen (secondary N) is 1. The van der Waals surface area contributed by atoms with E-state index in [0.717, 1.165) is 17.7 Å². The maximum absolute atomic E-state index is 12.6. The van der Waals surface area contributed by atoms with Crippen molar-refractivity contribution >= 4 is 12.0 Å². The molecule has 0 atom stereocenters. The molecule has 0 aromatic rings. The van der Waals surface area contributed by atoms with E-state index in [0.29, 0.717) is 25.7 Å². The molecule has 120 valence electrons. The van der Waals surface area contributed by atoms with Gasteiger partial charge in [0.05, 0.1) is 12.0 Å². The van der Waals surface area contributed by atoms with Gasteiger partial charge in [-0.3, -0.25) is 4.79 Å². The molecule has 0 unspecified atom stereocenters. The van der Waals surface area contributed by atoms with Crippen molar-refractivity contribution in [2.45, 2.75) is 62.7 Å². The van der Waals surface area contributed by atoms with Crippen molar-refractivity contribution in [1.29, 1.82) is 0 Å². The summed E-state index contributed by atoms with van der Waals surface area (Å²) in [6.45, 7) is -1.29. The number of rotatable bonds is 5. The summed E-state index contributed by atoms with van der Waals surface area (Å²) < 4.78 is 37.7. The number of hydrogen-bond donors (Lipinski definition) is 2. The van der Waals surface area contributed by atoms with Crippen LogP contribution in [0.2, 0.25) is 0 Å². The van der Waals surface area contributed by atoms with Crippen LogP contribution in [0.5, 0.6) is 0 Å². The van der Waals surface area contributed by atoms with Gasteiger partial charge in [0, 0.05) is 6.04 Å². The van der Waals surface area contributed by atoms with Gasteiger partial charge < -0.3 is 15.3 Å². The summed E-state index contributed by atoms with van der Waals surface area (Å²) in [5.74, 6) is -1.05. The van der Waals surface area contributed by atoms with E-state index in [4.69, 9.17) is 5.11 Å². The lowest BCUT2D eigenvalue weighted by molar-refractivity contribution is -0.142. The molecule has 0 heterocycles. The van der Waals surface area contributed by atoms with Crippen molar-refractivity contribution in [3.63, 3.8) is 0 Å². The summed E-state index contributed by atoms with van der Waals surface area (Å²) in [6.07, 6.45) is -1.03. The molecule has 0 aliphatic heterocycles. The molecule has 2 saturated carbocycles. The lowest BCUT2D eigenvalue weighted by Crippen LogP contribution is -2.55. The fraction of sp³-hybridized carbons (Fsp3) is 0.846. The molecule has 2 aliphatic carbocycles. The van der Waals surface area contributed by atoms with Gasteiger partial charge in [-0.1, -0.05) is 12.8 Å². The van der Waals surface area contributed by atoms with Crippen LogP contribution >= 0.6 is 0 Å². The van der Waals surface area contributed by atoms with Crippen LogP contribution < -0.4 is 5.32 Å². The Balaban J connectivity index is 2.04. The number of aliphatic carboxylic acids is 1. The van der Waals surface area contributed by atoms with Crippen molar-refractivity contribution in [3.8, 4) is 0 Å². The standard InChI is InChI=1S/C13H19F3N2O3/c14-13(15,16)8-18(9-3-4-9)11(21)17-12(7-10(19)20)5-1-2-6-12/h9H,1-8H2,(H,17,21)(H,19,20). The molecule has 8 heteroatoms. The Kier molecular flexibility index (Phi) is 4.34. The van der Waals surface area contributed by atoms with E-state index in [-0.39, 0.29) is 12.5 Å². The van der Waals surface area contributed by atoms with Crippen molar-refractivity contribution in [3.05, 3.63) is 0 Å². The summed E-state index contributed by atoms with van der Waals surface area (Å²) >= 11 is 0. The number of carboxylic acid groups (broad SMARTS) is 1. The molecule has 5 nitrogen and oxygen atoms in total. The van der Waals surface area contributed by atoms with Gasteiger partial charge >= 0.3 is 18.2 Å². The number of nitrogens with zero attached hydrogens (tertiary/aromatic N) is 1. The highest BCUT2D eigenvalue weighted by atomic mass is 19.4. The first-order valence-corrected chi connectivity index (χ1v) is 7.08. The number of carbonyl (C=O) groups excluding carboxylic acids is 1. The largest absolute Gasteiger partial charge is 0.481 e. The lowest BCUT2D eigenvalue weighted by atomic mass is 9.93. The van der Waals surface area contributed by atoms with Crippen LogP contribution in [-0.2, 0) is 4.79 Å². The van der Waals surface area contributed by atoms with E-state index >= 15 is 0 Å². The van der Waals surface area contributed by atoms with E-state index < -0.39 is 30.3 Å².